The number of aliphatic hydroxyl groups excluding tert-OH is 1. The van der Waals surface area contributed by atoms with Gasteiger partial charge in [-0.2, -0.15) is 0 Å². The number of hydrogen-bond donors (Lipinski definition) is 1. The average molecular weight is 660 g/mol. The Labute approximate surface area is 249 Å². The number of hydrogen-bond acceptors (Lipinski definition) is 4. The Bertz CT molecular complexity index is 1260. The van der Waals surface area contributed by atoms with Crippen molar-refractivity contribution >= 4 is 43.4 Å². The van der Waals surface area contributed by atoms with Crippen LogP contribution in [0, 0.1) is 34.5 Å². The number of Topliss-reactive ketones (excluding diaryl/α,β-unsaturated/α-hetero) is 2. The van der Waals surface area contributed by atoms with E-state index in [2.05, 4.69) is 71.7 Å². The predicted molar refractivity (Wildman–Crippen MR) is 161 cm³/mol. The molecule has 2 spiro atoms. The Balaban J connectivity index is 0.000000158. The zero-order valence-corrected chi connectivity index (χ0v) is 26.8. The molecule has 0 aromatic heterocycles. The maximum atomic E-state index is 13.0. The first-order valence-corrected chi connectivity index (χ1v) is 15.9. The molecule has 4 aliphatic rings. The van der Waals surface area contributed by atoms with Crippen LogP contribution in [0.4, 0.5) is 0 Å². The predicted octanol–water partition coefficient (Wildman–Crippen LogP) is 7.86. The molecule has 2 aromatic rings. The Hall–Kier alpha value is -1.34. The van der Waals surface area contributed by atoms with Crippen LogP contribution in [-0.2, 0) is 17.6 Å². The molecule has 0 bridgehead atoms. The zero-order valence-electron chi connectivity index (χ0n) is 23.6. The number of fused-ring (bicyclic) bond motifs is 2. The Morgan fingerprint density at radius 2 is 1.10 bits per heavy atom. The van der Waals surface area contributed by atoms with Crippen molar-refractivity contribution in [2.24, 2.45) is 34.5 Å². The summed E-state index contributed by atoms with van der Waals surface area (Å²) in [4.78, 5) is 25.8. The third-order valence-electron chi connectivity index (χ3n) is 10.1. The van der Waals surface area contributed by atoms with Crippen molar-refractivity contribution in [2.75, 3.05) is 7.11 Å². The van der Waals surface area contributed by atoms with Crippen LogP contribution in [0.3, 0.4) is 0 Å². The van der Waals surface area contributed by atoms with Gasteiger partial charge in [0.1, 0.15) is 0 Å². The van der Waals surface area contributed by atoms with Crippen molar-refractivity contribution in [3.05, 3.63) is 67.6 Å². The normalized spacial score (nSPS) is 37.0. The number of carbonyl (C=O) groups is 2. The Morgan fingerprint density at radius 3 is 1.49 bits per heavy atom. The summed E-state index contributed by atoms with van der Waals surface area (Å²) >= 11 is 6.92. The third kappa shape index (κ3) is 5.13. The van der Waals surface area contributed by atoms with Gasteiger partial charge in [0, 0.05) is 38.0 Å². The molecule has 4 aliphatic carbocycles. The molecular formula is C33H40Br2O4. The molecule has 0 amide bonds. The summed E-state index contributed by atoms with van der Waals surface area (Å²) in [6, 6.07) is 12.2. The SMILES string of the molecule is COC1[C@H](C)CC2(Cc3ccc(Br)cc3C2=O)C[C@@H]1C.C[C@@H]1CC2(Cc3ccc(Br)cc3C2=O)C[C@H](C)C1O. The highest BCUT2D eigenvalue weighted by Gasteiger charge is 2.52. The van der Waals surface area contributed by atoms with Crippen LogP contribution in [0.2, 0.25) is 0 Å². The van der Waals surface area contributed by atoms with E-state index in [9.17, 15) is 14.7 Å². The number of methoxy groups -OCH3 is 1. The van der Waals surface area contributed by atoms with Gasteiger partial charge >= 0.3 is 0 Å². The van der Waals surface area contributed by atoms with Gasteiger partial charge in [0.15, 0.2) is 11.6 Å². The monoisotopic (exact) mass is 658 g/mol. The summed E-state index contributed by atoms with van der Waals surface area (Å²) in [6.07, 6.45) is 5.27. The second-order valence-electron chi connectivity index (χ2n) is 13.1. The minimum Gasteiger partial charge on any atom is -0.393 e. The van der Waals surface area contributed by atoms with E-state index >= 15 is 0 Å². The van der Waals surface area contributed by atoms with E-state index in [0.717, 1.165) is 58.6 Å². The molecule has 0 aliphatic heterocycles. The lowest BCUT2D eigenvalue weighted by molar-refractivity contribution is -0.0426. The van der Waals surface area contributed by atoms with Gasteiger partial charge in [-0.1, -0.05) is 71.7 Å². The molecule has 1 N–H and O–H groups in total. The average Bonchev–Trinajstić information content (AvgIpc) is 3.28. The highest BCUT2D eigenvalue weighted by Crippen LogP contribution is 2.52. The molecule has 0 heterocycles. The van der Waals surface area contributed by atoms with E-state index in [-0.39, 0.29) is 40.7 Å². The van der Waals surface area contributed by atoms with Gasteiger partial charge in [-0.25, -0.2) is 0 Å². The fourth-order valence-electron chi connectivity index (χ4n) is 8.64. The lowest BCUT2D eigenvalue weighted by atomic mass is 9.63. The Morgan fingerprint density at radius 1 is 0.718 bits per heavy atom. The topological polar surface area (TPSA) is 63.6 Å². The summed E-state index contributed by atoms with van der Waals surface area (Å²) in [5, 5.41) is 10.1. The number of halogens is 2. The van der Waals surface area contributed by atoms with Crippen molar-refractivity contribution in [3.63, 3.8) is 0 Å². The maximum Gasteiger partial charge on any atom is 0.169 e. The second kappa shape index (κ2) is 10.8. The molecule has 6 rings (SSSR count). The van der Waals surface area contributed by atoms with Crippen LogP contribution in [0.5, 0.6) is 0 Å². The molecule has 2 aromatic carbocycles. The number of carbonyl (C=O) groups excluding carboxylic acids is 2. The van der Waals surface area contributed by atoms with Gasteiger partial charge < -0.3 is 9.84 Å². The summed E-state index contributed by atoms with van der Waals surface area (Å²) in [7, 11) is 1.79. The molecule has 4 unspecified atom stereocenters. The number of ether oxygens (including phenoxy) is 1. The molecule has 4 nitrogen and oxygen atoms in total. The van der Waals surface area contributed by atoms with Crippen molar-refractivity contribution in [1.29, 1.82) is 0 Å². The number of ketones is 2. The van der Waals surface area contributed by atoms with Crippen LogP contribution in [0.1, 0.15) is 85.2 Å². The van der Waals surface area contributed by atoms with Crippen LogP contribution < -0.4 is 0 Å². The van der Waals surface area contributed by atoms with Gasteiger partial charge in [0.05, 0.1) is 12.2 Å². The molecule has 2 saturated carbocycles. The van der Waals surface area contributed by atoms with E-state index in [1.54, 1.807) is 7.11 Å². The van der Waals surface area contributed by atoms with E-state index < -0.39 is 0 Å². The van der Waals surface area contributed by atoms with Crippen molar-refractivity contribution in [1.82, 2.24) is 0 Å². The van der Waals surface area contributed by atoms with Crippen molar-refractivity contribution in [3.8, 4) is 0 Å². The maximum absolute atomic E-state index is 13.0. The minimum absolute atomic E-state index is 0.184. The smallest absolute Gasteiger partial charge is 0.169 e. The van der Waals surface area contributed by atoms with Crippen LogP contribution in [0.25, 0.3) is 0 Å². The molecule has 0 radical (unpaired) electrons. The Kier molecular flexibility index (Phi) is 8.09. The first-order chi connectivity index (χ1) is 18.4. The van der Waals surface area contributed by atoms with Crippen LogP contribution >= 0.6 is 31.9 Å². The summed E-state index contributed by atoms with van der Waals surface area (Å²) < 4.78 is 7.59. The molecule has 6 heteroatoms. The quantitative estimate of drug-likeness (QED) is 0.339. The fraction of sp³-hybridized carbons (Fsp3) is 0.576. The summed E-state index contributed by atoms with van der Waals surface area (Å²) in [5.41, 5.74) is 3.75. The van der Waals surface area contributed by atoms with Crippen LogP contribution in [0.15, 0.2) is 45.3 Å². The molecule has 2 fully saturated rings. The van der Waals surface area contributed by atoms with Gasteiger partial charge in [-0.15, -0.1) is 0 Å². The number of aliphatic hydroxyl groups is 1. The fourth-order valence-corrected chi connectivity index (χ4v) is 9.36. The minimum atomic E-state index is -0.270. The van der Waals surface area contributed by atoms with Gasteiger partial charge in [0.2, 0.25) is 0 Å². The summed E-state index contributed by atoms with van der Waals surface area (Å²) in [6.45, 7) is 8.57. The first-order valence-electron chi connectivity index (χ1n) is 14.3. The second-order valence-corrected chi connectivity index (χ2v) is 14.9. The molecule has 39 heavy (non-hydrogen) atoms. The van der Waals surface area contributed by atoms with E-state index in [1.165, 1.54) is 11.1 Å². The van der Waals surface area contributed by atoms with Crippen LogP contribution in [-0.4, -0.2) is 36.0 Å². The molecular weight excluding hydrogens is 620 g/mol. The van der Waals surface area contributed by atoms with Gasteiger partial charge in [-0.3, -0.25) is 9.59 Å². The lowest BCUT2D eigenvalue weighted by Gasteiger charge is -2.43. The number of benzene rings is 2. The van der Waals surface area contributed by atoms with Gasteiger partial charge in [0.25, 0.3) is 0 Å². The standard InChI is InChI=1S/C17H21BrO2.C16H19BrO2/c1-10-7-17(8-11(2)15(10)20-3)9-12-4-5-13(18)6-14(12)16(17)19;1-9-6-16(7-10(2)14(9)18)8-11-3-4-12(17)5-13(11)15(16)19/h4-6,10-11,15H,7-9H2,1-3H3;3-5,9-10,14,18H,6-8H2,1-2H3/t10-,11+,15?,17?;9-,10+,14?,16?. The molecule has 8 atom stereocenters. The highest BCUT2D eigenvalue weighted by molar-refractivity contribution is 9.10. The number of rotatable bonds is 1. The highest BCUT2D eigenvalue weighted by atomic mass is 79.9. The molecule has 0 saturated heterocycles. The lowest BCUT2D eigenvalue weighted by Crippen LogP contribution is -2.44. The van der Waals surface area contributed by atoms with Crippen molar-refractivity contribution < 1.29 is 19.4 Å². The third-order valence-corrected chi connectivity index (χ3v) is 11.1. The van der Waals surface area contributed by atoms with E-state index in [4.69, 9.17) is 4.74 Å². The van der Waals surface area contributed by atoms with Crippen molar-refractivity contribution in [2.45, 2.75) is 78.4 Å². The van der Waals surface area contributed by atoms with E-state index in [1.807, 2.05) is 24.3 Å². The largest absolute Gasteiger partial charge is 0.393 e. The van der Waals surface area contributed by atoms with E-state index in [0.29, 0.717) is 17.6 Å². The first kappa shape index (κ1) is 29.2. The van der Waals surface area contributed by atoms with Gasteiger partial charge in [-0.05, 0) is 97.6 Å². The summed E-state index contributed by atoms with van der Waals surface area (Å²) in [5.74, 6) is 1.91. The zero-order chi connectivity index (χ0) is 28.3. The molecule has 210 valence electrons.